The van der Waals surface area contributed by atoms with Gasteiger partial charge in [-0.1, -0.05) is 0 Å². The molecule has 108 valence electrons. The fourth-order valence-corrected chi connectivity index (χ4v) is 1.88. The first-order valence-electron chi connectivity index (χ1n) is 6.68. The van der Waals surface area contributed by atoms with Crippen molar-refractivity contribution in [2.75, 3.05) is 24.5 Å². The van der Waals surface area contributed by atoms with Crippen LogP contribution in [0.3, 0.4) is 0 Å². The second kappa shape index (κ2) is 6.31. The summed E-state index contributed by atoms with van der Waals surface area (Å²) >= 11 is 0. The van der Waals surface area contributed by atoms with Crippen molar-refractivity contribution in [1.82, 2.24) is 15.5 Å². The Morgan fingerprint density at radius 2 is 2.15 bits per heavy atom. The summed E-state index contributed by atoms with van der Waals surface area (Å²) < 4.78 is 0. The van der Waals surface area contributed by atoms with Crippen LogP contribution in [-0.4, -0.2) is 46.8 Å². The third kappa shape index (κ3) is 3.91. The van der Waals surface area contributed by atoms with Crippen molar-refractivity contribution in [3.8, 4) is 0 Å². The van der Waals surface area contributed by atoms with Gasteiger partial charge in [-0.05, 0) is 37.8 Å². The maximum absolute atomic E-state index is 11.6. The first kappa shape index (κ1) is 14.2. The van der Waals surface area contributed by atoms with E-state index >= 15 is 0 Å². The van der Waals surface area contributed by atoms with E-state index in [1.807, 2.05) is 6.92 Å². The topological polar surface area (TPSA) is 95.4 Å². The lowest BCUT2D eigenvalue weighted by Gasteiger charge is -2.20. The maximum Gasteiger partial charge on any atom is 0.323 e. The molecule has 1 fully saturated rings. The fraction of sp³-hybridized carbons (Fsp3) is 0.538. The van der Waals surface area contributed by atoms with Crippen molar-refractivity contribution in [3.05, 3.63) is 17.8 Å². The van der Waals surface area contributed by atoms with Gasteiger partial charge in [-0.15, -0.1) is 10.2 Å². The van der Waals surface area contributed by atoms with E-state index < -0.39 is 5.97 Å². The molecule has 0 saturated heterocycles. The number of aromatic nitrogens is 2. The number of amides is 1. The summed E-state index contributed by atoms with van der Waals surface area (Å²) in [7, 11) is 0. The first-order chi connectivity index (χ1) is 9.60. The number of nitrogens with one attached hydrogen (secondary N) is 1. The van der Waals surface area contributed by atoms with Crippen molar-refractivity contribution < 1.29 is 14.7 Å². The molecule has 0 radical (unpaired) electrons. The van der Waals surface area contributed by atoms with Crippen LogP contribution in [0.2, 0.25) is 0 Å². The highest BCUT2D eigenvalue weighted by Crippen LogP contribution is 2.30. The summed E-state index contributed by atoms with van der Waals surface area (Å²) in [6, 6.07) is 3.21. The van der Waals surface area contributed by atoms with Gasteiger partial charge < -0.3 is 15.3 Å². The van der Waals surface area contributed by atoms with Crippen LogP contribution in [-0.2, 0) is 4.79 Å². The number of rotatable bonds is 7. The minimum atomic E-state index is -0.903. The van der Waals surface area contributed by atoms with Gasteiger partial charge in [0, 0.05) is 13.1 Å². The van der Waals surface area contributed by atoms with E-state index in [2.05, 4.69) is 15.5 Å². The maximum atomic E-state index is 11.6. The molecule has 0 atom stereocenters. The molecule has 2 rings (SSSR count). The Bertz CT molecular complexity index is 485. The van der Waals surface area contributed by atoms with Gasteiger partial charge in [-0.3, -0.25) is 9.59 Å². The zero-order valence-corrected chi connectivity index (χ0v) is 11.4. The summed E-state index contributed by atoms with van der Waals surface area (Å²) in [5.41, 5.74) is 0.234. The van der Waals surface area contributed by atoms with Gasteiger partial charge in [-0.25, -0.2) is 0 Å². The van der Waals surface area contributed by atoms with Crippen LogP contribution in [0.1, 0.15) is 30.3 Å². The summed E-state index contributed by atoms with van der Waals surface area (Å²) in [6.07, 6.45) is 2.25. The number of anilines is 1. The van der Waals surface area contributed by atoms with E-state index in [-0.39, 0.29) is 18.1 Å². The molecule has 20 heavy (non-hydrogen) atoms. The monoisotopic (exact) mass is 278 g/mol. The second-order valence-electron chi connectivity index (χ2n) is 4.85. The fourth-order valence-electron chi connectivity index (χ4n) is 1.88. The van der Waals surface area contributed by atoms with Crippen LogP contribution in [0.4, 0.5) is 5.82 Å². The molecule has 1 amide bonds. The van der Waals surface area contributed by atoms with Crippen molar-refractivity contribution in [2.24, 2.45) is 5.92 Å². The van der Waals surface area contributed by atoms with Gasteiger partial charge in [0.15, 0.2) is 11.5 Å². The molecule has 7 heteroatoms. The van der Waals surface area contributed by atoms with Gasteiger partial charge in [0.05, 0.1) is 0 Å². The van der Waals surface area contributed by atoms with Gasteiger partial charge in [0.2, 0.25) is 0 Å². The minimum Gasteiger partial charge on any atom is -0.480 e. The SMILES string of the molecule is CCNC(=O)c1ccc(N(CC(=O)O)CC2CC2)nn1. The quantitative estimate of drug-likeness (QED) is 0.755. The highest BCUT2D eigenvalue weighted by Gasteiger charge is 2.26. The third-order valence-corrected chi connectivity index (χ3v) is 3.05. The van der Waals surface area contributed by atoms with Gasteiger partial charge in [0.25, 0.3) is 5.91 Å². The molecule has 2 N–H and O–H groups in total. The highest BCUT2D eigenvalue weighted by molar-refractivity contribution is 5.92. The van der Waals surface area contributed by atoms with Gasteiger partial charge in [0.1, 0.15) is 6.54 Å². The molecular weight excluding hydrogens is 260 g/mol. The summed E-state index contributed by atoms with van der Waals surface area (Å²) in [5.74, 6) is -0.148. The first-order valence-corrected chi connectivity index (χ1v) is 6.68. The Balaban J connectivity index is 2.07. The zero-order valence-electron chi connectivity index (χ0n) is 11.4. The van der Waals surface area contributed by atoms with E-state index in [4.69, 9.17) is 5.11 Å². The number of hydrogen-bond donors (Lipinski definition) is 2. The Morgan fingerprint density at radius 3 is 2.65 bits per heavy atom. The van der Waals surface area contributed by atoms with Crippen molar-refractivity contribution in [1.29, 1.82) is 0 Å². The third-order valence-electron chi connectivity index (χ3n) is 3.05. The lowest BCUT2D eigenvalue weighted by molar-refractivity contribution is -0.135. The molecule has 1 aliphatic carbocycles. The lowest BCUT2D eigenvalue weighted by Crippen LogP contribution is -2.33. The number of carboxylic acids is 1. The van der Waals surface area contributed by atoms with Gasteiger partial charge >= 0.3 is 5.97 Å². The number of carbonyl (C=O) groups is 2. The molecule has 1 aliphatic rings. The van der Waals surface area contributed by atoms with E-state index in [0.717, 1.165) is 12.8 Å². The van der Waals surface area contributed by atoms with Crippen LogP contribution in [0.25, 0.3) is 0 Å². The van der Waals surface area contributed by atoms with E-state index in [9.17, 15) is 9.59 Å². The summed E-state index contributed by atoms with van der Waals surface area (Å²) in [6.45, 7) is 2.91. The van der Waals surface area contributed by atoms with Gasteiger partial charge in [-0.2, -0.15) is 0 Å². The average Bonchev–Trinajstić information content (AvgIpc) is 3.22. The number of hydrogen-bond acceptors (Lipinski definition) is 5. The molecule has 1 heterocycles. The molecule has 7 nitrogen and oxygen atoms in total. The second-order valence-corrected chi connectivity index (χ2v) is 4.85. The van der Waals surface area contributed by atoms with Crippen LogP contribution >= 0.6 is 0 Å². The van der Waals surface area contributed by atoms with Crippen LogP contribution in [0, 0.1) is 5.92 Å². The van der Waals surface area contributed by atoms with Crippen molar-refractivity contribution >= 4 is 17.7 Å². The van der Waals surface area contributed by atoms with Crippen LogP contribution in [0.15, 0.2) is 12.1 Å². The summed E-state index contributed by atoms with van der Waals surface area (Å²) in [5, 5.41) is 19.4. The number of carboxylic acid groups (broad SMARTS) is 1. The van der Waals surface area contributed by atoms with Crippen LogP contribution < -0.4 is 10.2 Å². The molecule has 0 aliphatic heterocycles. The Kier molecular flexibility index (Phi) is 4.49. The van der Waals surface area contributed by atoms with E-state index in [0.29, 0.717) is 24.8 Å². The minimum absolute atomic E-state index is 0.105. The summed E-state index contributed by atoms with van der Waals surface area (Å²) in [4.78, 5) is 24.2. The predicted molar refractivity (Wildman–Crippen MR) is 72.6 cm³/mol. The number of carbonyl (C=O) groups excluding carboxylic acids is 1. The molecule has 1 saturated carbocycles. The highest BCUT2D eigenvalue weighted by atomic mass is 16.4. The van der Waals surface area contributed by atoms with E-state index in [1.54, 1.807) is 17.0 Å². The molecular formula is C13H18N4O3. The smallest absolute Gasteiger partial charge is 0.323 e. The average molecular weight is 278 g/mol. The number of aliphatic carboxylic acids is 1. The molecule has 0 aromatic carbocycles. The molecule has 1 aromatic rings. The zero-order chi connectivity index (χ0) is 14.5. The lowest BCUT2D eigenvalue weighted by atomic mass is 10.3. The Morgan fingerprint density at radius 1 is 1.40 bits per heavy atom. The Hall–Kier alpha value is -2.18. The van der Waals surface area contributed by atoms with Crippen molar-refractivity contribution in [3.63, 3.8) is 0 Å². The largest absolute Gasteiger partial charge is 0.480 e. The van der Waals surface area contributed by atoms with E-state index in [1.165, 1.54) is 0 Å². The molecule has 0 bridgehead atoms. The Labute approximate surface area is 117 Å². The van der Waals surface area contributed by atoms with Crippen LogP contribution in [0.5, 0.6) is 0 Å². The normalized spacial score (nSPS) is 13.8. The standard InChI is InChI=1S/C13H18N4O3/c1-2-14-13(20)10-5-6-11(16-15-10)17(8-12(18)19)7-9-3-4-9/h5-6,9H,2-4,7-8H2,1H3,(H,14,20)(H,18,19). The number of nitrogens with zero attached hydrogens (tertiary/aromatic N) is 3. The molecule has 0 unspecified atom stereocenters. The predicted octanol–water partition coefficient (Wildman–Crippen LogP) is 0.527. The molecule has 1 aromatic heterocycles. The molecule has 0 spiro atoms. The van der Waals surface area contributed by atoms with Crippen molar-refractivity contribution in [2.45, 2.75) is 19.8 Å².